The normalized spacial score (nSPS) is 20.8. The van der Waals surface area contributed by atoms with Crippen LogP contribution in [0.15, 0.2) is 60.7 Å². The van der Waals surface area contributed by atoms with Crippen LogP contribution in [-0.4, -0.2) is 23.9 Å². The molecule has 2 heteroatoms. The molecule has 0 spiro atoms. The van der Waals surface area contributed by atoms with Gasteiger partial charge in [-0.1, -0.05) is 60.7 Å². The van der Waals surface area contributed by atoms with Crippen molar-refractivity contribution < 1.29 is 9.84 Å². The first-order chi connectivity index (χ1) is 9.34. The third-order valence-electron chi connectivity index (χ3n) is 3.65. The maximum absolute atomic E-state index is 10.5. The van der Waals surface area contributed by atoms with Gasteiger partial charge in [0.1, 0.15) is 0 Å². The first-order valence-electron chi connectivity index (χ1n) is 6.73. The summed E-state index contributed by atoms with van der Waals surface area (Å²) in [5.41, 5.74) is 2.32. The lowest BCUT2D eigenvalue weighted by Gasteiger charge is -2.22. The van der Waals surface area contributed by atoms with E-state index in [1.54, 1.807) is 0 Å². The standard InChI is InChI=1S/C17H18O2/c18-15(11-13-7-3-1-4-8-13)17(16-12-19-16)14-9-5-2-6-10-14/h1-10,15-18H,11-12H2/t15-,16-,17-/m1/s1. The second-order valence-electron chi connectivity index (χ2n) is 5.07. The maximum Gasteiger partial charge on any atom is 0.0903 e. The smallest absolute Gasteiger partial charge is 0.0903 e. The highest BCUT2D eigenvalue weighted by atomic mass is 16.6. The maximum atomic E-state index is 10.5. The molecule has 0 saturated carbocycles. The van der Waals surface area contributed by atoms with Gasteiger partial charge in [0.2, 0.25) is 0 Å². The van der Waals surface area contributed by atoms with Gasteiger partial charge in [0.15, 0.2) is 0 Å². The zero-order chi connectivity index (χ0) is 13.1. The summed E-state index contributed by atoms with van der Waals surface area (Å²) in [6.45, 7) is 0.755. The summed E-state index contributed by atoms with van der Waals surface area (Å²) in [6, 6.07) is 20.3. The van der Waals surface area contributed by atoms with Crippen molar-refractivity contribution in [1.82, 2.24) is 0 Å². The van der Waals surface area contributed by atoms with Crippen LogP contribution >= 0.6 is 0 Å². The molecule has 0 unspecified atom stereocenters. The minimum absolute atomic E-state index is 0.0707. The molecule has 0 radical (unpaired) electrons. The van der Waals surface area contributed by atoms with E-state index in [1.807, 2.05) is 36.4 Å². The molecular formula is C17H18O2. The third-order valence-corrected chi connectivity index (χ3v) is 3.65. The molecule has 2 nitrogen and oxygen atoms in total. The Bertz CT molecular complexity index is 505. The predicted molar refractivity (Wildman–Crippen MR) is 75.1 cm³/mol. The summed E-state index contributed by atoms with van der Waals surface area (Å²) in [7, 11) is 0. The molecule has 19 heavy (non-hydrogen) atoms. The molecule has 98 valence electrons. The molecule has 0 aliphatic carbocycles. The van der Waals surface area contributed by atoms with Gasteiger partial charge in [-0.2, -0.15) is 0 Å². The molecule has 1 aliphatic rings. The van der Waals surface area contributed by atoms with Crippen LogP contribution in [0.4, 0.5) is 0 Å². The number of epoxide rings is 1. The summed E-state index contributed by atoms with van der Waals surface area (Å²) < 4.78 is 5.42. The van der Waals surface area contributed by atoms with Crippen LogP contribution in [-0.2, 0) is 11.2 Å². The van der Waals surface area contributed by atoms with E-state index in [2.05, 4.69) is 24.3 Å². The topological polar surface area (TPSA) is 32.8 Å². The summed E-state index contributed by atoms with van der Waals surface area (Å²) in [5.74, 6) is 0.0707. The van der Waals surface area contributed by atoms with Gasteiger partial charge in [0, 0.05) is 5.92 Å². The summed E-state index contributed by atoms with van der Waals surface area (Å²) in [6.07, 6.45) is 0.429. The van der Waals surface area contributed by atoms with Gasteiger partial charge in [-0.05, 0) is 17.5 Å². The predicted octanol–water partition coefficient (Wildman–Crippen LogP) is 2.77. The largest absolute Gasteiger partial charge is 0.392 e. The van der Waals surface area contributed by atoms with Crippen molar-refractivity contribution in [3.8, 4) is 0 Å². The van der Waals surface area contributed by atoms with Crippen molar-refractivity contribution in [2.75, 3.05) is 6.61 Å². The lowest BCUT2D eigenvalue weighted by Crippen LogP contribution is -2.25. The summed E-state index contributed by atoms with van der Waals surface area (Å²) >= 11 is 0. The van der Waals surface area contributed by atoms with Gasteiger partial charge >= 0.3 is 0 Å². The molecule has 2 aromatic carbocycles. The van der Waals surface area contributed by atoms with E-state index < -0.39 is 6.10 Å². The fourth-order valence-corrected chi connectivity index (χ4v) is 2.61. The molecule has 1 saturated heterocycles. The number of hydrogen-bond donors (Lipinski definition) is 1. The van der Waals surface area contributed by atoms with E-state index in [0.717, 1.165) is 17.7 Å². The van der Waals surface area contributed by atoms with Crippen molar-refractivity contribution in [1.29, 1.82) is 0 Å². The van der Waals surface area contributed by atoms with Crippen LogP contribution in [0.2, 0.25) is 0 Å². The van der Waals surface area contributed by atoms with E-state index in [1.165, 1.54) is 0 Å². The van der Waals surface area contributed by atoms with Gasteiger partial charge in [-0.3, -0.25) is 0 Å². The first-order valence-corrected chi connectivity index (χ1v) is 6.73. The highest BCUT2D eigenvalue weighted by Crippen LogP contribution is 2.33. The average Bonchev–Trinajstić information content (AvgIpc) is 3.26. The van der Waals surface area contributed by atoms with E-state index >= 15 is 0 Å². The number of ether oxygens (including phenoxy) is 1. The van der Waals surface area contributed by atoms with E-state index in [4.69, 9.17) is 4.74 Å². The third kappa shape index (κ3) is 3.03. The highest BCUT2D eigenvalue weighted by molar-refractivity contribution is 5.25. The Morgan fingerprint density at radius 2 is 1.58 bits per heavy atom. The van der Waals surface area contributed by atoms with Crippen molar-refractivity contribution >= 4 is 0 Å². The number of rotatable bonds is 5. The molecule has 3 rings (SSSR count). The molecular weight excluding hydrogens is 236 g/mol. The number of aliphatic hydroxyl groups excluding tert-OH is 1. The molecule has 1 heterocycles. The second-order valence-corrected chi connectivity index (χ2v) is 5.07. The zero-order valence-electron chi connectivity index (χ0n) is 10.8. The average molecular weight is 254 g/mol. The van der Waals surface area contributed by atoms with Gasteiger partial charge < -0.3 is 9.84 Å². The molecule has 0 amide bonds. The molecule has 0 bridgehead atoms. The number of aliphatic hydroxyl groups is 1. The van der Waals surface area contributed by atoms with E-state index in [-0.39, 0.29) is 12.0 Å². The van der Waals surface area contributed by atoms with Gasteiger partial charge in [-0.25, -0.2) is 0 Å². The monoisotopic (exact) mass is 254 g/mol. The van der Waals surface area contributed by atoms with Crippen molar-refractivity contribution in [3.63, 3.8) is 0 Å². The Kier molecular flexibility index (Phi) is 3.62. The Hall–Kier alpha value is -1.64. The Labute approximate surface area is 113 Å². The lowest BCUT2D eigenvalue weighted by atomic mass is 9.87. The van der Waals surface area contributed by atoms with E-state index in [0.29, 0.717) is 6.42 Å². The SMILES string of the molecule is O[C@H](Cc1ccccc1)[C@@H](c1ccccc1)[C@H]1CO1. The number of hydrogen-bond acceptors (Lipinski definition) is 2. The fourth-order valence-electron chi connectivity index (χ4n) is 2.61. The minimum Gasteiger partial charge on any atom is -0.392 e. The minimum atomic E-state index is -0.405. The Balaban J connectivity index is 1.77. The zero-order valence-corrected chi connectivity index (χ0v) is 10.8. The summed E-state index contributed by atoms with van der Waals surface area (Å²) in [4.78, 5) is 0. The first kappa shape index (κ1) is 12.4. The van der Waals surface area contributed by atoms with Crippen LogP contribution in [0.5, 0.6) is 0 Å². The Morgan fingerprint density at radius 1 is 1.00 bits per heavy atom. The van der Waals surface area contributed by atoms with Gasteiger partial charge in [0.05, 0.1) is 18.8 Å². The number of benzene rings is 2. The second kappa shape index (κ2) is 5.55. The lowest BCUT2D eigenvalue weighted by molar-refractivity contribution is 0.127. The molecule has 1 aliphatic heterocycles. The molecule has 2 aromatic rings. The highest BCUT2D eigenvalue weighted by Gasteiger charge is 2.38. The van der Waals surface area contributed by atoms with Crippen LogP contribution < -0.4 is 0 Å². The van der Waals surface area contributed by atoms with Gasteiger partial charge in [-0.15, -0.1) is 0 Å². The van der Waals surface area contributed by atoms with Crippen LogP contribution in [0.1, 0.15) is 17.0 Å². The molecule has 0 aromatic heterocycles. The Morgan fingerprint density at radius 3 is 2.16 bits per heavy atom. The van der Waals surface area contributed by atoms with Crippen molar-refractivity contribution in [2.45, 2.75) is 24.5 Å². The quantitative estimate of drug-likeness (QED) is 0.832. The molecule has 1 fully saturated rings. The fraction of sp³-hybridized carbons (Fsp3) is 0.294. The van der Waals surface area contributed by atoms with Crippen molar-refractivity contribution in [3.05, 3.63) is 71.8 Å². The molecule has 1 N–H and O–H groups in total. The van der Waals surface area contributed by atoms with Crippen LogP contribution in [0.25, 0.3) is 0 Å². The van der Waals surface area contributed by atoms with Crippen LogP contribution in [0.3, 0.4) is 0 Å². The van der Waals surface area contributed by atoms with Crippen molar-refractivity contribution in [2.24, 2.45) is 0 Å². The molecule has 3 atom stereocenters. The summed E-state index contributed by atoms with van der Waals surface area (Å²) in [5, 5.41) is 10.5. The van der Waals surface area contributed by atoms with E-state index in [9.17, 15) is 5.11 Å². The van der Waals surface area contributed by atoms with Crippen LogP contribution in [0, 0.1) is 0 Å². The van der Waals surface area contributed by atoms with Gasteiger partial charge in [0.25, 0.3) is 0 Å².